The summed E-state index contributed by atoms with van der Waals surface area (Å²) >= 11 is 0. The number of carbonyl (C=O) groups is 7. The first-order valence-corrected chi connectivity index (χ1v) is 48.1. The molecule has 0 saturated heterocycles. The first-order valence-electron chi connectivity index (χ1n) is 48.1. The van der Waals surface area contributed by atoms with Crippen molar-refractivity contribution in [1.29, 1.82) is 0 Å². The van der Waals surface area contributed by atoms with Crippen LogP contribution in [-0.4, -0.2) is 119 Å². The van der Waals surface area contributed by atoms with Crippen LogP contribution in [0.25, 0.3) is 0 Å². The second-order valence-electron chi connectivity index (χ2n) is 42.2. The zero-order valence-corrected chi connectivity index (χ0v) is 75.5. The Labute approximate surface area is 721 Å². The molecule has 23 rings (SSSR count). The first kappa shape index (κ1) is 95.0. The lowest BCUT2D eigenvalue weighted by Crippen LogP contribution is -2.60. The van der Waals surface area contributed by atoms with E-state index in [4.69, 9.17) is 33.9 Å². The highest BCUT2D eigenvalue weighted by atomic mass is 16.6. The Kier molecular flexibility index (Phi) is 33.0. The molecule has 17 nitrogen and oxygen atoms in total. The van der Waals surface area contributed by atoms with E-state index in [0.717, 1.165) is 135 Å². The van der Waals surface area contributed by atoms with Crippen LogP contribution < -0.4 is 0 Å². The van der Waals surface area contributed by atoms with Crippen molar-refractivity contribution in [3.05, 3.63) is 87.6 Å². The summed E-state index contributed by atoms with van der Waals surface area (Å²) in [4.78, 5) is 77.4. The number of aliphatic hydroxyl groups excluding tert-OH is 2. The number of hydrogen-bond acceptors (Lipinski definition) is 17. The van der Waals surface area contributed by atoms with E-state index < -0.39 is 11.2 Å². The van der Waals surface area contributed by atoms with Gasteiger partial charge in [-0.25, -0.2) is 33.6 Å². The lowest BCUT2D eigenvalue weighted by Gasteiger charge is -2.59. The number of esters is 7. The SMILES string of the molecule is C1CC2C3CCC(C3)C2C1.C1CC2C3CCC(C3)C2C1.C=C(C)C(=O)OC12CC3CC(CC(O)(C3)C1)C2.C=C(C)C(=O)OCC.C=CC(=O)OC12CC3CC(CC(C3)C1)C2.C=CC(=O)OC1CC2CC1C1C3CCC(C3)C21.C=CC(=O)OC1CC2CC1C1CCCC21.C=CC(=O)OC1CC2CCC1(C)C2(C)C.C=CC(=O)OCC.CCO.CCO. The van der Waals surface area contributed by atoms with E-state index >= 15 is 0 Å². The van der Waals surface area contributed by atoms with Crippen LogP contribution in [0.5, 0.6) is 0 Å². The fourth-order valence-electron chi connectivity index (χ4n) is 31.1. The Balaban J connectivity index is 0.000000132. The van der Waals surface area contributed by atoms with Crippen molar-refractivity contribution in [3.63, 3.8) is 0 Å². The highest BCUT2D eigenvalue weighted by molar-refractivity contribution is 5.88. The molecular formula is C103H158O17. The second kappa shape index (κ2) is 41.6. The van der Waals surface area contributed by atoms with Gasteiger partial charge in [0, 0.05) is 66.6 Å². The fourth-order valence-corrected chi connectivity index (χ4v) is 31.1. The van der Waals surface area contributed by atoms with Crippen LogP contribution in [0.3, 0.4) is 0 Å². The summed E-state index contributed by atoms with van der Waals surface area (Å²) in [6, 6.07) is 0. The standard InChI is InChI=1S/C15H20O2.C14H20O3.2C13H18O2.C13H20O2.2C10H16.C6H10O2.C5H8O2.2C2H6O/c1-2-13(16)17-12-7-10-6-11(12)15-9-4-3-8(5-9)14(10)15;1-9(2)12(15)17-14-6-10-3-11(7-14)5-13(16,4-10)8-14;1-2-12(14)15-13-6-9-3-10(7-13)5-11(4-9)8-13;1-2-13(14)15-12-7-8-6-11(12)10-5-3-4-9(8)10;1-5-11(14)15-10-8-9-6-7-13(10,4)12(9,2)3;2*1-2-9-7-4-5-8(6-7)10(9)3-1;1-4-8-6(7)5(2)3;1-3-5(6)7-4-2;2*1-2-3/h2,8-12,14-15H,1,3-7H2;10-11,16H,1,3-8H2,2H3;2,9-11H,1,3-8H2;2,8-12H,1,3-7H2;5,9-10H,1,6-8H2,2-4H3;2*7-10H,1-6H2;2,4H2,1,3H3;3H,1,4H2,2H3;2*3H,2H2,1H3. The zero-order chi connectivity index (χ0) is 86.8. The third kappa shape index (κ3) is 21.7. The van der Waals surface area contributed by atoms with E-state index in [1.807, 2.05) is 0 Å². The van der Waals surface area contributed by atoms with Gasteiger partial charge >= 0.3 is 41.8 Å². The summed E-state index contributed by atoms with van der Waals surface area (Å²) in [5.74, 6) is 20.7. The van der Waals surface area contributed by atoms with Crippen LogP contribution in [0.2, 0.25) is 0 Å². The molecule has 23 aliphatic carbocycles. The topological polar surface area (TPSA) is 245 Å². The lowest BCUT2D eigenvalue weighted by atomic mass is 9.52. The van der Waals surface area contributed by atoms with Gasteiger partial charge in [-0.15, -0.1) is 0 Å². The highest BCUT2D eigenvalue weighted by Crippen LogP contribution is 2.70. The average molecular weight is 1670 g/mol. The Morgan fingerprint density at radius 2 is 0.767 bits per heavy atom. The molecule has 23 fully saturated rings. The van der Waals surface area contributed by atoms with E-state index in [-0.39, 0.29) is 84.3 Å². The molecule has 0 aromatic heterocycles. The molecule has 25 atom stereocenters. The largest absolute Gasteiger partial charge is 0.463 e. The van der Waals surface area contributed by atoms with Crippen molar-refractivity contribution in [1.82, 2.24) is 0 Å². The normalized spacial score (nSPS) is 42.0. The van der Waals surface area contributed by atoms with Gasteiger partial charge in [0.25, 0.3) is 0 Å². The number of hydrogen-bond donors (Lipinski definition) is 3. The summed E-state index contributed by atoms with van der Waals surface area (Å²) in [5.41, 5.74) is 0.309. The highest BCUT2D eigenvalue weighted by Gasteiger charge is 2.66. The van der Waals surface area contributed by atoms with Gasteiger partial charge in [0.05, 0.1) is 18.8 Å². The summed E-state index contributed by atoms with van der Waals surface area (Å²) < 4.78 is 36.8. The predicted molar refractivity (Wildman–Crippen MR) is 468 cm³/mol. The maximum atomic E-state index is 11.7. The smallest absolute Gasteiger partial charge is 0.333 e. The first-order chi connectivity index (χ1) is 57.3. The quantitative estimate of drug-likeness (QED) is 0.0633. The number of carbonyl (C=O) groups excluding carboxylic acids is 7. The van der Waals surface area contributed by atoms with Crippen molar-refractivity contribution in [2.75, 3.05) is 26.4 Å². The minimum atomic E-state index is -0.570. The summed E-state index contributed by atoms with van der Waals surface area (Å²) in [6.07, 6.45) is 55.8. The van der Waals surface area contributed by atoms with Crippen LogP contribution in [-0.2, 0) is 66.7 Å². The molecule has 25 unspecified atom stereocenters. The van der Waals surface area contributed by atoms with Crippen molar-refractivity contribution in [3.8, 4) is 0 Å². The van der Waals surface area contributed by atoms with E-state index in [2.05, 4.69) is 76.3 Å². The maximum absolute atomic E-state index is 11.7. The van der Waals surface area contributed by atoms with Gasteiger partial charge in [-0.05, 0) is 401 Å². The van der Waals surface area contributed by atoms with E-state index in [1.54, 1.807) is 119 Å². The molecule has 23 aliphatic rings. The van der Waals surface area contributed by atoms with Crippen LogP contribution in [0.15, 0.2) is 87.6 Å². The molecule has 0 aromatic carbocycles. The van der Waals surface area contributed by atoms with Crippen LogP contribution in [0.4, 0.5) is 0 Å². The average Bonchev–Trinajstić information content (AvgIpc) is 1.40. The summed E-state index contributed by atoms with van der Waals surface area (Å²) in [5, 5.41) is 25.6. The summed E-state index contributed by atoms with van der Waals surface area (Å²) in [7, 11) is 0. The van der Waals surface area contributed by atoms with Gasteiger partial charge in [-0.1, -0.05) is 86.1 Å². The Morgan fingerprint density at radius 3 is 1.18 bits per heavy atom. The molecule has 20 bridgehead atoms. The fraction of sp³-hybridized carbons (Fsp3) is 0.796. The molecule has 0 spiro atoms. The number of ether oxygens (including phenoxy) is 7. The number of aliphatic hydroxyl groups is 3. The molecule has 3 N–H and O–H groups in total. The number of rotatable bonds is 14. The predicted octanol–water partition coefficient (Wildman–Crippen LogP) is 20.7. The third-order valence-electron chi connectivity index (χ3n) is 34.9. The van der Waals surface area contributed by atoms with Crippen LogP contribution in [0, 0.1) is 153 Å². The summed E-state index contributed by atoms with van der Waals surface area (Å²) in [6.45, 7) is 42.5. The van der Waals surface area contributed by atoms with E-state index in [1.165, 1.54) is 162 Å². The minimum absolute atomic E-state index is 0.0942. The van der Waals surface area contributed by atoms with Crippen molar-refractivity contribution < 1.29 is 82.0 Å². The molecule has 0 amide bonds. The molecule has 17 heteroatoms. The van der Waals surface area contributed by atoms with Crippen LogP contribution >= 0.6 is 0 Å². The molecule has 120 heavy (non-hydrogen) atoms. The van der Waals surface area contributed by atoms with Gasteiger partial charge in [0.1, 0.15) is 29.5 Å². The third-order valence-corrected chi connectivity index (χ3v) is 34.9. The van der Waals surface area contributed by atoms with Crippen LogP contribution in [0.1, 0.15) is 300 Å². The lowest BCUT2D eigenvalue weighted by molar-refractivity contribution is -0.217. The Bertz CT molecular complexity index is 3470. The van der Waals surface area contributed by atoms with E-state index in [9.17, 15) is 38.7 Å². The van der Waals surface area contributed by atoms with Crippen molar-refractivity contribution in [2.24, 2.45) is 153 Å². The monoisotopic (exact) mass is 1670 g/mol. The van der Waals surface area contributed by atoms with E-state index in [0.29, 0.717) is 65.8 Å². The van der Waals surface area contributed by atoms with Crippen molar-refractivity contribution in [2.45, 2.75) is 335 Å². The Hall–Kier alpha value is -5.65. The second-order valence-corrected chi connectivity index (χ2v) is 42.2. The maximum Gasteiger partial charge on any atom is 0.333 e. The van der Waals surface area contributed by atoms with Gasteiger partial charge in [0.15, 0.2) is 0 Å². The zero-order valence-electron chi connectivity index (χ0n) is 75.5. The number of fused-ring (bicyclic) bond motifs is 26. The molecule has 0 aliphatic heterocycles. The van der Waals surface area contributed by atoms with Gasteiger partial charge < -0.3 is 48.5 Å². The van der Waals surface area contributed by atoms with Gasteiger partial charge in [-0.2, -0.15) is 0 Å². The molecule has 672 valence electrons. The molecule has 0 radical (unpaired) electrons. The molecule has 0 aromatic rings. The molecular weight excluding hydrogens is 1510 g/mol. The van der Waals surface area contributed by atoms with Gasteiger partial charge in [-0.3, -0.25) is 0 Å². The molecule has 23 saturated carbocycles. The minimum Gasteiger partial charge on any atom is -0.463 e. The molecule has 0 heterocycles. The van der Waals surface area contributed by atoms with Gasteiger partial charge in [0.2, 0.25) is 0 Å². The van der Waals surface area contributed by atoms with Crippen molar-refractivity contribution >= 4 is 41.8 Å². The Morgan fingerprint density at radius 1 is 0.375 bits per heavy atom.